The first-order valence-electron chi connectivity index (χ1n) is 7.59. The molecule has 0 aliphatic heterocycles. The van der Waals surface area contributed by atoms with Crippen LogP contribution in [0.2, 0.25) is 0 Å². The molecule has 1 aliphatic carbocycles. The number of halogens is 1. The smallest absolute Gasteiger partial charge is 0.313 e. The van der Waals surface area contributed by atoms with Crippen molar-refractivity contribution in [2.75, 3.05) is 11.9 Å². The lowest BCUT2D eigenvalue weighted by atomic mass is 9.97. The third-order valence-electron chi connectivity index (χ3n) is 3.75. The van der Waals surface area contributed by atoms with Crippen molar-refractivity contribution in [3.63, 3.8) is 0 Å². The molecule has 0 aromatic heterocycles. The van der Waals surface area contributed by atoms with E-state index in [-0.39, 0.29) is 5.69 Å². The molecule has 2 N–H and O–H groups in total. The summed E-state index contributed by atoms with van der Waals surface area (Å²) >= 11 is 0. The normalized spacial score (nSPS) is 14.2. The number of rotatable bonds is 4. The number of carbonyl (C=O) groups excluding carboxylic acids is 2. The number of hydrogen-bond donors (Lipinski definition) is 2. The molecule has 0 heterocycles. The van der Waals surface area contributed by atoms with Gasteiger partial charge in [-0.05, 0) is 56.7 Å². The predicted octanol–water partition coefficient (Wildman–Crippen LogP) is 3.08. The average Bonchev–Trinajstić information content (AvgIpc) is 2.52. The van der Waals surface area contributed by atoms with Gasteiger partial charge in [0.05, 0.1) is 0 Å². The molecule has 2 rings (SSSR count). The molecule has 5 heteroatoms. The first-order valence-corrected chi connectivity index (χ1v) is 7.59. The third-order valence-corrected chi connectivity index (χ3v) is 3.75. The molecule has 0 bridgehead atoms. The fraction of sp³-hybridized carbons (Fsp3) is 0.412. The Hall–Kier alpha value is -2.17. The Kier molecular flexibility index (Phi) is 5.69. The van der Waals surface area contributed by atoms with Gasteiger partial charge >= 0.3 is 11.8 Å². The Labute approximate surface area is 129 Å². The van der Waals surface area contributed by atoms with Crippen LogP contribution in [0.1, 0.15) is 37.7 Å². The van der Waals surface area contributed by atoms with Crippen LogP contribution < -0.4 is 10.6 Å². The van der Waals surface area contributed by atoms with Crippen LogP contribution in [0.25, 0.3) is 0 Å². The first kappa shape index (κ1) is 16.2. The average molecular weight is 304 g/mol. The minimum absolute atomic E-state index is 0.276. The van der Waals surface area contributed by atoms with E-state index in [1.54, 1.807) is 19.1 Å². The summed E-state index contributed by atoms with van der Waals surface area (Å²) in [4.78, 5) is 23.4. The van der Waals surface area contributed by atoms with Crippen LogP contribution in [0.15, 0.2) is 29.8 Å². The van der Waals surface area contributed by atoms with Crippen LogP contribution in [0, 0.1) is 12.7 Å². The molecule has 0 unspecified atom stereocenters. The molecule has 22 heavy (non-hydrogen) atoms. The van der Waals surface area contributed by atoms with E-state index >= 15 is 0 Å². The second-order valence-corrected chi connectivity index (χ2v) is 5.53. The predicted molar refractivity (Wildman–Crippen MR) is 83.9 cm³/mol. The molecule has 0 atom stereocenters. The van der Waals surface area contributed by atoms with E-state index in [1.807, 2.05) is 0 Å². The summed E-state index contributed by atoms with van der Waals surface area (Å²) in [6, 6.07) is 4.32. The zero-order valence-electron chi connectivity index (χ0n) is 12.7. The van der Waals surface area contributed by atoms with E-state index in [2.05, 4.69) is 16.7 Å². The first-order chi connectivity index (χ1) is 10.6. The van der Waals surface area contributed by atoms with Gasteiger partial charge in [0.1, 0.15) is 5.82 Å². The van der Waals surface area contributed by atoms with E-state index in [0.717, 1.165) is 19.3 Å². The summed E-state index contributed by atoms with van der Waals surface area (Å²) in [6.45, 7) is 2.08. The molecule has 118 valence electrons. The van der Waals surface area contributed by atoms with E-state index in [0.29, 0.717) is 12.1 Å². The number of allylic oxidation sites excluding steroid dienone is 1. The summed E-state index contributed by atoms with van der Waals surface area (Å²) in [5.41, 5.74) is 2.11. The van der Waals surface area contributed by atoms with Gasteiger partial charge in [-0.2, -0.15) is 0 Å². The van der Waals surface area contributed by atoms with Gasteiger partial charge < -0.3 is 10.6 Å². The molecule has 0 fully saturated rings. The number of anilines is 1. The van der Waals surface area contributed by atoms with Gasteiger partial charge in [-0.1, -0.05) is 17.7 Å². The fourth-order valence-electron chi connectivity index (χ4n) is 2.41. The maximum atomic E-state index is 13.4. The van der Waals surface area contributed by atoms with E-state index in [9.17, 15) is 14.0 Å². The number of carbonyl (C=O) groups is 2. The van der Waals surface area contributed by atoms with Crippen LogP contribution in [-0.4, -0.2) is 18.4 Å². The van der Waals surface area contributed by atoms with Crippen molar-refractivity contribution in [1.29, 1.82) is 0 Å². The van der Waals surface area contributed by atoms with Gasteiger partial charge in [-0.15, -0.1) is 0 Å². The molecule has 0 spiro atoms. The van der Waals surface area contributed by atoms with Crippen molar-refractivity contribution in [3.8, 4) is 0 Å². The second-order valence-electron chi connectivity index (χ2n) is 5.53. The Morgan fingerprint density at radius 2 is 2.05 bits per heavy atom. The topological polar surface area (TPSA) is 58.2 Å². The van der Waals surface area contributed by atoms with Gasteiger partial charge in [0.25, 0.3) is 0 Å². The number of aryl methyl sites for hydroxylation is 1. The zero-order valence-corrected chi connectivity index (χ0v) is 12.7. The second kappa shape index (κ2) is 7.73. The highest BCUT2D eigenvalue weighted by molar-refractivity contribution is 6.39. The lowest BCUT2D eigenvalue weighted by Crippen LogP contribution is -2.36. The Morgan fingerprint density at radius 3 is 2.73 bits per heavy atom. The van der Waals surface area contributed by atoms with Crippen molar-refractivity contribution in [2.24, 2.45) is 0 Å². The molecule has 0 radical (unpaired) electrons. The zero-order chi connectivity index (χ0) is 15.9. The van der Waals surface area contributed by atoms with Crippen LogP contribution in [-0.2, 0) is 9.59 Å². The Bertz CT molecular complexity index is 596. The van der Waals surface area contributed by atoms with Gasteiger partial charge in [0.2, 0.25) is 0 Å². The minimum atomic E-state index is -0.777. The number of hydrogen-bond acceptors (Lipinski definition) is 2. The fourth-order valence-corrected chi connectivity index (χ4v) is 2.41. The van der Waals surface area contributed by atoms with Crippen LogP contribution in [0.3, 0.4) is 0 Å². The molecule has 1 aromatic carbocycles. The van der Waals surface area contributed by atoms with Gasteiger partial charge in [-0.3, -0.25) is 9.59 Å². The van der Waals surface area contributed by atoms with Crippen molar-refractivity contribution in [2.45, 2.75) is 39.0 Å². The molecule has 0 saturated heterocycles. The summed E-state index contributed by atoms with van der Waals surface area (Å²) in [5, 5.41) is 4.98. The van der Waals surface area contributed by atoms with Crippen molar-refractivity contribution >= 4 is 17.5 Å². The molecule has 1 aromatic rings. The molecular weight excluding hydrogens is 283 g/mol. The molecule has 1 aliphatic rings. The molecule has 2 amide bonds. The molecule has 4 nitrogen and oxygen atoms in total. The summed E-state index contributed by atoms with van der Waals surface area (Å²) < 4.78 is 13.4. The maximum absolute atomic E-state index is 13.4. The number of benzene rings is 1. The summed E-state index contributed by atoms with van der Waals surface area (Å²) in [7, 11) is 0. The van der Waals surface area contributed by atoms with Crippen molar-refractivity contribution in [1.82, 2.24) is 5.32 Å². The van der Waals surface area contributed by atoms with E-state index in [1.165, 1.54) is 24.5 Å². The number of nitrogens with one attached hydrogen (secondary N) is 2. The number of amides is 2. The quantitative estimate of drug-likeness (QED) is 0.663. The molecular formula is C17H21FN2O2. The summed E-state index contributed by atoms with van der Waals surface area (Å²) in [6.07, 6.45) is 7.58. The van der Waals surface area contributed by atoms with Crippen molar-refractivity contribution in [3.05, 3.63) is 41.2 Å². The minimum Gasteiger partial charge on any atom is -0.348 e. The SMILES string of the molecule is Cc1ccc(NC(=O)C(=O)NCCC2=CCCCC2)cc1F. The van der Waals surface area contributed by atoms with Crippen LogP contribution in [0.4, 0.5) is 10.1 Å². The van der Waals surface area contributed by atoms with E-state index < -0.39 is 17.6 Å². The monoisotopic (exact) mass is 304 g/mol. The lowest BCUT2D eigenvalue weighted by Gasteiger charge is -2.13. The lowest BCUT2D eigenvalue weighted by molar-refractivity contribution is -0.136. The largest absolute Gasteiger partial charge is 0.348 e. The highest BCUT2D eigenvalue weighted by Crippen LogP contribution is 2.19. The van der Waals surface area contributed by atoms with Gasteiger partial charge in [0, 0.05) is 12.2 Å². The Balaban J connectivity index is 1.78. The van der Waals surface area contributed by atoms with Gasteiger partial charge in [-0.25, -0.2) is 4.39 Å². The van der Waals surface area contributed by atoms with Crippen LogP contribution >= 0.6 is 0 Å². The third kappa shape index (κ3) is 4.69. The highest BCUT2D eigenvalue weighted by atomic mass is 19.1. The van der Waals surface area contributed by atoms with Crippen LogP contribution in [0.5, 0.6) is 0 Å². The van der Waals surface area contributed by atoms with E-state index in [4.69, 9.17) is 0 Å². The van der Waals surface area contributed by atoms with Gasteiger partial charge in [0.15, 0.2) is 0 Å². The molecule has 0 saturated carbocycles. The Morgan fingerprint density at radius 1 is 1.23 bits per heavy atom. The summed E-state index contributed by atoms with van der Waals surface area (Å²) in [5.74, 6) is -1.89. The standard InChI is InChI=1S/C17H21FN2O2/c1-12-7-8-14(11-15(12)18)20-17(22)16(21)19-10-9-13-5-3-2-4-6-13/h5,7-8,11H,2-4,6,9-10H2,1H3,(H,19,21)(H,20,22). The maximum Gasteiger partial charge on any atom is 0.313 e. The highest BCUT2D eigenvalue weighted by Gasteiger charge is 2.14. The van der Waals surface area contributed by atoms with Crippen molar-refractivity contribution < 1.29 is 14.0 Å².